The van der Waals surface area contributed by atoms with Crippen LogP contribution in [0.5, 0.6) is 28.7 Å². The van der Waals surface area contributed by atoms with E-state index < -0.39 is 52.7 Å². The van der Waals surface area contributed by atoms with Gasteiger partial charge in [0.25, 0.3) is 23.6 Å². The number of aromatic amines is 1. The van der Waals surface area contributed by atoms with E-state index >= 15 is 0 Å². The zero-order valence-corrected chi connectivity index (χ0v) is 37.1. The molecule has 6 aromatic rings. The van der Waals surface area contributed by atoms with E-state index in [1.165, 1.54) is 74.0 Å². The summed E-state index contributed by atoms with van der Waals surface area (Å²) in [5.41, 5.74) is 1.70. The van der Waals surface area contributed by atoms with Crippen molar-refractivity contribution >= 4 is 86.9 Å². The molecule has 5 amide bonds. The average molecular weight is 1010 g/mol. The Bertz CT molecular complexity index is 2870. The van der Waals surface area contributed by atoms with Crippen LogP contribution in [0, 0.1) is 3.57 Å². The van der Waals surface area contributed by atoms with Gasteiger partial charge in [0.15, 0.2) is 23.0 Å². The minimum atomic E-state index is -1.42. The van der Waals surface area contributed by atoms with Crippen LogP contribution >= 0.6 is 22.6 Å². The van der Waals surface area contributed by atoms with E-state index in [0.29, 0.717) is 20.5 Å². The number of carbonyl (C=O) groups excluding carboxylic acids is 5. The normalized spacial score (nSPS) is 11.4. The molecule has 21 heteroatoms. The van der Waals surface area contributed by atoms with Crippen molar-refractivity contribution in [3.8, 4) is 28.7 Å². The SMILES string of the molecule is COc1c(NC(=O)c2ccc(NC(=O)c3ccc(NC(=O)[C@H](Cc4c[nH]nn4)NC(=O)c4ccc(NC(=O)/C(C)=C/c5ccc(O)cc5)cc4)cc3I)c(OC)c2O)ccc(C(=O)O)c1O. The second-order valence-electron chi connectivity index (χ2n) is 14.1. The van der Waals surface area contributed by atoms with Crippen LogP contribution in [0.15, 0.2) is 103 Å². The van der Waals surface area contributed by atoms with Crippen LogP contribution in [0.4, 0.5) is 22.7 Å². The average Bonchev–Trinajstić information content (AvgIpc) is 3.80. The first-order valence-corrected chi connectivity index (χ1v) is 20.5. The highest BCUT2D eigenvalue weighted by Crippen LogP contribution is 2.41. The first-order valence-electron chi connectivity index (χ1n) is 19.4. The number of H-pyrrole nitrogens is 1. The third-order valence-electron chi connectivity index (χ3n) is 9.67. The van der Waals surface area contributed by atoms with Gasteiger partial charge in [0.1, 0.15) is 17.4 Å². The molecule has 338 valence electrons. The van der Waals surface area contributed by atoms with E-state index in [1.807, 2.05) is 22.6 Å². The Kier molecular flexibility index (Phi) is 14.8. The van der Waals surface area contributed by atoms with E-state index in [9.17, 15) is 49.2 Å². The highest BCUT2D eigenvalue weighted by atomic mass is 127. The van der Waals surface area contributed by atoms with Gasteiger partial charge in [-0.1, -0.05) is 17.3 Å². The van der Waals surface area contributed by atoms with Gasteiger partial charge < -0.3 is 56.5 Å². The number of carboxylic acid groups (broad SMARTS) is 1. The van der Waals surface area contributed by atoms with E-state index in [-0.39, 0.29) is 63.3 Å². The smallest absolute Gasteiger partial charge is 0.339 e. The Morgan fingerprint density at radius 3 is 1.86 bits per heavy atom. The standard InChI is InChI=1S/C45H39IN8O12/c1-22(18-23-4-11-28(55)12-5-23)40(58)48-25-8-6-24(7-9-25)41(59)52-35(20-27-21-47-54-53-27)44(62)49-26-10-13-29(32(46)19-26)42(60)50-33-16-14-30(36(56)38(33)65-2)43(61)51-34-17-15-31(45(63)64)37(57)39(34)66-3/h4-19,21,35,55-57H,20H2,1-3H3,(H,48,58)(H,49,62)(H,50,60)(H,51,61)(H,52,59)(H,63,64)(H,47,53,54)/b22-18+/t35-/m0/s1. The van der Waals surface area contributed by atoms with E-state index in [1.54, 1.807) is 37.3 Å². The molecule has 66 heavy (non-hydrogen) atoms. The molecule has 0 fully saturated rings. The van der Waals surface area contributed by atoms with Gasteiger partial charge in [0, 0.05) is 38.7 Å². The third kappa shape index (κ3) is 11.2. The molecule has 1 atom stereocenters. The Labute approximate surface area is 388 Å². The highest BCUT2D eigenvalue weighted by Gasteiger charge is 2.26. The number of aromatic carboxylic acids is 1. The quantitative estimate of drug-likeness (QED) is 0.0407. The number of benzene rings is 5. The molecule has 5 aromatic carbocycles. The number of nitrogens with one attached hydrogen (secondary N) is 6. The van der Waals surface area contributed by atoms with E-state index in [2.05, 4.69) is 42.0 Å². The molecule has 0 spiro atoms. The zero-order chi connectivity index (χ0) is 47.7. The Hall–Kier alpha value is -8.47. The number of aromatic hydroxyl groups is 3. The van der Waals surface area contributed by atoms with Gasteiger partial charge in [-0.05, 0) is 120 Å². The van der Waals surface area contributed by atoms with Gasteiger partial charge in [-0.3, -0.25) is 29.1 Å². The molecule has 6 rings (SSSR count). The number of rotatable bonds is 16. The molecular formula is C45H39IN8O12. The summed E-state index contributed by atoms with van der Waals surface area (Å²) in [6.07, 6.45) is 3.09. The molecule has 1 aromatic heterocycles. The Morgan fingerprint density at radius 2 is 1.29 bits per heavy atom. The molecule has 0 saturated heterocycles. The van der Waals surface area contributed by atoms with Crippen LogP contribution in [0.2, 0.25) is 0 Å². The minimum absolute atomic E-state index is 0.00850. The summed E-state index contributed by atoms with van der Waals surface area (Å²) in [6, 6.07) is 20.5. The van der Waals surface area contributed by atoms with Crippen molar-refractivity contribution in [1.29, 1.82) is 0 Å². The van der Waals surface area contributed by atoms with Crippen molar-refractivity contribution in [3.63, 3.8) is 0 Å². The summed E-state index contributed by atoms with van der Waals surface area (Å²) >= 11 is 1.90. The van der Waals surface area contributed by atoms with Crippen LogP contribution in [0.25, 0.3) is 6.08 Å². The van der Waals surface area contributed by atoms with Crippen molar-refractivity contribution in [2.45, 2.75) is 19.4 Å². The van der Waals surface area contributed by atoms with Gasteiger partial charge in [-0.25, -0.2) is 4.79 Å². The molecule has 0 radical (unpaired) electrons. The summed E-state index contributed by atoms with van der Waals surface area (Å²) in [6.45, 7) is 1.64. The second kappa shape index (κ2) is 20.8. The van der Waals surface area contributed by atoms with Gasteiger partial charge in [-0.2, -0.15) is 0 Å². The highest BCUT2D eigenvalue weighted by molar-refractivity contribution is 14.1. The second-order valence-corrected chi connectivity index (χ2v) is 15.3. The molecule has 10 N–H and O–H groups in total. The number of halogens is 1. The molecule has 0 saturated carbocycles. The molecule has 0 unspecified atom stereocenters. The zero-order valence-electron chi connectivity index (χ0n) is 34.9. The predicted molar refractivity (Wildman–Crippen MR) is 248 cm³/mol. The molecule has 0 bridgehead atoms. The largest absolute Gasteiger partial charge is 0.508 e. The number of nitrogens with zero attached hydrogens (tertiary/aromatic N) is 2. The molecular weight excluding hydrogens is 971 g/mol. The lowest BCUT2D eigenvalue weighted by molar-refractivity contribution is -0.118. The number of carboxylic acids is 1. The number of ether oxygens (including phenoxy) is 2. The summed E-state index contributed by atoms with van der Waals surface area (Å²) in [5, 5.41) is 63.7. The molecule has 0 aliphatic heterocycles. The number of hydrogen-bond acceptors (Lipinski definition) is 13. The Balaban J connectivity index is 1.10. The van der Waals surface area contributed by atoms with E-state index in [4.69, 9.17) is 9.47 Å². The summed E-state index contributed by atoms with van der Waals surface area (Å²) in [5.74, 6) is -6.39. The van der Waals surface area contributed by atoms with Crippen molar-refractivity contribution < 1.29 is 58.7 Å². The number of phenolic OH excluding ortho intramolecular Hbond substituents is 2. The number of methoxy groups -OCH3 is 2. The van der Waals surface area contributed by atoms with Gasteiger partial charge in [0.05, 0.1) is 42.4 Å². The predicted octanol–water partition coefficient (Wildman–Crippen LogP) is 5.77. The van der Waals surface area contributed by atoms with Crippen LogP contribution in [0.3, 0.4) is 0 Å². The molecule has 1 heterocycles. The maximum atomic E-state index is 13.7. The lowest BCUT2D eigenvalue weighted by Crippen LogP contribution is -2.45. The topological polar surface area (TPSA) is 304 Å². The number of aromatic nitrogens is 3. The monoisotopic (exact) mass is 1010 g/mol. The van der Waals surface area contributed by atoms with Crippen LogP contribution in [0.1, 0.15) is 59.6 Å². The fraction of sp³-hybridized carbons (Fsp3) is 0.111. The molecule has 0 aliphatic carbocycles. The Morgan fingerprint density at radius 1 is 0.712 bits per heavy atom. The number of amides is 5. The van der Waals surface area contributed by atoms with Crippen molar-refractivity contribution in [1.82, 2.24) is 20.7 Å². The first kappa shape index (κ1) is 47.0. The number of carbonyl (C=O) groups is 6. The molecule has 0 aliphatic rings. The maximum absolute atomic E-state index is 13.7. The summed E-state index contributed by atoms with van der Waals surface area (Å²) in [7, 11) is 2.37. The number of anilines is 4. The molecule has 20 nitrogen and oxygen atoms in total. The van der Waals surface area contributed by atoms with Gasteiger partial charge >= 0.3 is 5.97 Å². The van der Waals surface area contributed by atoms with Crippen molar-refractivity contribution in [2.24, 2.45) is 0 Å². The van der Waals surface area contributed by atoms with Crippen LogP contribution in [-0.2, 0) is 16.0 Å². The number of phenols is 3. The van der Waals surface area contributed by atoms with Crippen molar-refractivity contribution in [2.75, 3.05) is 35.5 Å². The lowest BCUT2D eigenvalue weighted by Gasteiger charge is -2.18. The van der Waals surface area contributed by atoms with Crippen molar-refractivity contribution in [3.05, 3.63) is 140 Å². The maximum Gasteiger partial charge on any atom is 0.339 e. The third-order valence-corrected chi connectivity index (χ3v) is 10.6. The van der Waals surface area contributed by atoms with Crippen LogP contribution in [-0.4, -0.2) is 91.6 Å². The van der Waals surface area contributed by atoms with Gasteiger partial charge in [0.2, 0.25) is 5.91 Å². The fourth-order valence-corrected chi connectivity index (χ4v) is 7.06. The van der Waals surface area contributed by atoms with Crippen LogP contribution < -0.4 is 36.1 Å². The number of hydrogen-bond donors (Lipinski definition) is 10. The first-order chi connectivity index (χ1) is 31.6. The minimum Gasteiger partial charge on any atom is -0.508 e. The summed E-state index contributed by atoms with van der Waals surface area (Å²) in [4.78, 5) is 78.0. The van der Waals surface area contributed by atoms with Gasteiger partial charge in [-0.15, -0.1) is 5.10 Å². The summed E-state index contributed by atoms with van der Waals surface area (Å²) < 4.78 is 10.8. The van der Waals surface area contributed by atoms with E-state index in [0.717, 1.165) is 18.7 Å². The fourth-order valence-electron chi connectivity index (χ4n) is 6.30. The lowest BCUT2D eigenvalue weighted by atomic mass is 10.1.